The average molecular weight is 365 g/mol. The Balaban J connectivity index is 1.85. The lowest BCUT2D eigenvalue weighted by Crippen LogP contribution is -2.49. The molecule has 0 bridgehead atoms. The first-order valence-electron chi connectivity index (χ1n) is 7.02. The summed E-state index contributed by atoms with van der Waals surface area (Å²) in [7, 11) is 0. The molecular weight excluding hydrogens is 341 g/mol. The van der Waals surface area contributed by atoms with Crippen LogP contribution in [-0.2, 0) is 9.47 Å². The van der Waals surface area contributed by atoms with Gasteiger partial charge in [0.15, 0.2) is 6.29 Å². The molecule has 0 radical (unpaired) electrons. The highest BCUT2D eigenvalue weighted by Crippen LogP contribution is 2.33. The van der Waals surface area contributed by atoms with Crippen molar-refractivity contribution in [1.29, 1.82) is 0 Å². The van der Waals surface area contributed by atoms with E-state index in [1.807, 2.05) is 13.8 Å². The first-order valence-corrected chi connectivity index (χ1v) is 8.54. The fourth-order valence-corrected chi connectivity index (χ4v) is 3.64. The topological polar surface area (TPSA) is 30.5 Å². The molecule has 2 unspecified atom stereocenters. The number of hydrogen-bond acceptors (Lipinski definition) is 3. The first-order chi connectivity index (χ1) is 8.72. The van der Waals surface area contributed by atoms with E-state index in [1.165, 1.54) is 17.3 Å². The second-order valence-corrected chi connectivity index (χ2v) is 6.09. The van der Waals surface area contributed by atoms with Crippen LogP contribution in [0.3, 0.4) is 0 Å². The Morgan fingerprint density at radius 3 is 3.06 bits per heavy atom. The lowest BCUT2D eigenvalue weighted by Gasteiger charge is -2.39. The molecule has 0 saturated carbocycles. The Kier molecular flexibility index (Phi) is 5.76. The zero-order chi connectivity index (χ0) is 13.0. The minimum absolute atomic E-state index is 0.114. The Hall–Kier alpha value is 0.190. The number of allylic oxidation sites excluding steroid dienone is 1. The van der Waals surface area contributed by atoms with Gasteiger partial charge in [-0.25, -0.2) is 0 Å². The van der Waals surface area contributed by atoms with Gasteiger partial charge in [-0.1, -0.05) is 22.6 Å². The number of hydrogen-bond donors (Lipinski definition) is 1. The van der Waals surface area contributed by atoms with Crippen molar-refractivity contribution in [3.8, 4) is 0 Å². The van der Waals surface area contributed by atoms with Crippen molar-refractivity contribution in [2.75, 3.05) is 11.0 Å². The zero-order valence-corrected chi connectivity index (χ0v) is 13.5. The second kappa shape index (κ2) is 7.10. The third kappa shape index (κ3) is 3.84. The normalized spacial score (nSPS) is 33.5. The summed E-state index contributed by atoms with van der Waals surface area (Å²) in [5.41, 5.74) is 0. The van der Waals surface area contributed by atoms with Crippen LogP contribution in [0.4, 0.5) is 0 Å². The molecule has 0 aromatic heterocycles. The van der Waals surface area contributed by atoms with Gasteiger partial charge in [-0.3, -0.25) is 0 Å². The summed E-state index contributed by atoms with van der Waals surface area (Å²) in [4.78, 5) is 0. The molecule has 0 spiro atoms. The molecule has 2 aliphatic rings. The van der Waals surface area contributed by atoms with Crippen LogP contribution in [0.5, 0.6) is 0 Å². The lowest BCUT2D eigenvalue weighted by molar-refractivity contribution is -0.104. The summed E-state index contributed by atoms with van der Waals surface area (Å²) in [6.07, 6.45) is 6.94. The van der Waals surface area contributed by atoms with Crippen molar-refractivity contribution in [2.45, 2.75) is 57.9 Å². The van der Waals surface area contributed by atoms with Crippen LogP contribution in [-0.4, -0.2) is 29.4 Å². The van der Waals surface area contributed by atoms with Gasteiger partial charge < -0.3 is 14.8 Å². The third-order valence-electron chi connectivity index (χ3n) is 3.87. The molecule has 1 heterocycles. The number of piperidine rings is 1. The molecule has 4 atom stereocenters. The van der Waals surface area contributed by atoms with Crippen molar-refractivity contribution in [1.82, 2.24) is 5.32 Å². The summed E-state index contributed by atoms with van der Waals surface area (Å²) < 4.78 is 12.5. The van der Waals surface area contributed by atoms with Crippen LogP contribution >= 0.6 is 22.6 Å². The predicted octanol–water partition coefficient (Wildman–Crippen LogP) is 3.24. The fourth-order valence-electron chi connectivity index (χ4n) is 2.94. The van der Waals surface area contributed by atoms with Crippen LogP contribution in [0.15, 0.2) is 11.8 Å². The van der Waals surface area contributed by atoms with E-state index >= 15 is 0 Å². The summed E-state index contributed by atoms with van der Waals surface area (Å²) in [6.45, 7) is 4.68. The lowest BCUT2D eigenvalue weighted by atomic mass is 9.80. The van der Waals surface area contributed by atoms with Gasteiger partial charge in [0, 0.05) is 29.5 Å². The van der Waals surface area contributed by atoms with E-state index in [9.17, 15) is 0 Å². The van der Waals surface area contributed by atoms with Gasteiger partial charge in [-0.05, 0) is 45.1 Å². The number of fused-ring (bicyclic) bond motifs is 1. The molecule has 0 amide bonds. The molecule has 1 N–H and O–H groups in total. The molecule has 1 aliphatic heterocycles. The minimum atomic E-state index is -0.114. The van der Waals surface area contributed by atoms with E-state index in [-0.39, 0.29) is 6.29 Å². The van der Waals surface area contributed by atoms with Crippen molar-refractivity contribution >= 4 is 22.6 Å². The van der Waals surface area contributed by atoms with Crippen LogP contribution in [0, 0.1) is 5.92 Å². The number of rotatable bonds is 5. The predicted molar refractivity (Wildman–Crippen MR) is 81.8 cm³/mol. The Morgan fingerprint density at radius 1 is 1.50 bits per heavy atom. The summed E-state index contributed by atoms with van der Waals surface area (Å²) in [5.74, 6) is 1.88. The van der Waals surface area contributed by atoms with Crippen LogP contribution in [0.1, 0.15) is 39.5 Å². The van der Waals surface area contributed by atoms with Gasteiger partial charge in [-0.2, -0.15) is 0 Å². The van der Waals surface area contributed by atoms with Crippen molar-refractivity contribution < 1.29 is 9.47 Å². The quantitative estimate of drug-likeness (QED) is 0.461. The molecule has 0 aromatic rings. The SMILES string of the molecule is CCOC(C)OC1=CCC2N[C@H](CI)CC[C@@H]2C1. The van der Waals surface area contributed by atoms with Crippen LogP contribution in [0.2, 0.25) is 0 Å². The van der Waals surface area contributed by atoms with Crippen molar-refractivity contribution in [3.63, 3.8) is 0 Å². The second-order valence-electron chi connectivity index (χ2n) is 5.21. The van der Waals surface area contributed by atoms with Gasteiger partial charge in [0.2, 0.25) is 0 Å². The van der Waals surface area contributed by atoms with E-state index in [0.717, 1.165) is 24.5 Å². The number of halogens is 1. The molecule has 2 rings (SSSR count). The van der Waals surface area contributed by atoms with Gasteiger partial charge in [0.1, 0.15) is 0 Å². The maximum Gasteiger partial charge on any atom is 0.196 e. The maximum atomic E-state index is 5.84. The molecule has 3 nitrogen and oxygen atoms in total. The molecule has 1 aliphatic carbocycles. The molecule has 18 heavy (non-hydrogen) atoms. The van der Waals surface area contributed by atoms with E-state index in [1.54, 1.807) is 0 Å². The van der Waals surface area contributed by atoms with E-state index in [2.05, 4.69) is 34.0 Å². The Bertz CT molecular complexity index is 296. The fraction of sp³-hybridized carbons (Fsp3) is 0.857. The third-order valence-corrected chi connectivity index (χ3v) is 4.94. The van der Waals surface area contributed by atoms with Gasteiger partial charge >= 0.3 is 0 Å². The molecule has 1 fully saturated rings. The average Bonchev–Trinajstić information content (AvgIpc) is 2.38. The van der Waals surface area contributed by atoms with Crippen molar-refractivity contribution in [2.24, 2.45) is 5.92 Å². The van der Waals surface area contributed by atoms with Gasteiger partial charge in [0.25, 0.3) is 0 Å². The highest BCUT2D eigenvalue weighted by atomic mass is 127. The summed E-state index contributed by atoms with van der Waals surface area (Å²) >= 11 is 2.48. The number of nitrogens with one attached hydrogen (secondary N) is 1. The summed E-state index contributed by atoms with van der Waals surface area (Å²) in [6, 6.07) is 1.37. The Morgan fingerprint density at radius 2 is 2.33 bits per heavy atom. The molecule has 1 saturated heterocycles. The monoisotopic (exact) mass is 365 g/mol. The standard InChI is InChI=1S/C14H24INO2/c1-3-17-10(2)18-13-6-7-14-11(8-13)4-5-12(9-15)16-14/h6,10-12,14,16H,3-5,7-9H2,1-2H3/t10?,11-,12+,14?/m1/s1. The first kappa shape index (κ1) is 14.6. The molecule has 4 heteroatoms. The smallest absolute Gasteiger partial charge is 0.196 e. The molecule has 0 aromatic carbocycles. The number of alkyl halides is 1. The van der Waals surface area contributed by atoms with Gasteiger partial charge in [-0.15, -0.1) is 0 Å². The van der Waals surface area contributed by atoms with Crippen molar-refractivity contribution in [3.05, 3.63) is 11.8 Å². The molecule has 104 valence electrons. The van der Waals surface area contributed by atoms with E-state index in [4.69, 9.17) is 9.47 Å². The highest BCUT2D eigenvalue weighted by Gasteiger charge is 2.32. The molecular formula is C14H24INO2. The number of ether oxygens (including phenoxy) is 2. The minimum Gasteiger partial charge on any atom is -0.470 e. The van der Waals surface area contributed by atoms with E-state index < -0.39 is 0 Å². The van der Waals surface area contributed by atoms with Gasteiger partial charge in [0.05, 0.1) is 5.76 Å². The Labute approximate surface area is 124 Å². The van der Waals surface area contributed by atoms with Crippen LogP contribution < -0.4 is 5.32 Å². The highest BCUT2D eigenvalue weighted by molar-refractivity contribution is 14.1. The van der Waals surface area contributed by atoms with E-state index in [0.29, 0.717) is 18.7 Å². The van der Waals surface area contributed by atoms with Crippen LogP contribution in [0.25, 0.3) is 0 Å². The zero-order valence-electron chi connectivity index (χ0n) is 11.3. The maximum absolute atomic E-state index is 5.84. The largest absolute Gasteiger partial charge is 0.470 e. The summed E-state index contributed by atoms with van der Waals surface area (Å²) in [5, 5.41) is 3.77.